The molecule has 2 nitrogen and oxygen atoms in total. The van der Waals surface area contributed by atoms with Crippen molar-refractivity contribution in [3.8, 4) is 0 Å². The molecule has 0 aromatic carbocycles. The van der Waals surface area contributed by atoms with Crippen LogP contribution in [0.5, 0.6) is 0 Å². The molecule has 60 valence electrons. The summed E-state index contributed by atoms with van der Waals surface area (Å²) in [7, 11) is 0. The van der Waals surface area contributed by atoms with Gasteiger partial charge < -0.3 is 5.11 Å². The summed E-state index contributed by atoms with van der Waals surface area (Å²) in [4.78, 5) is 0. The monoisotopic (exact) mass is 153 g/mol. The lowest BCUT2D eigenvalue weighted by molar-refractivity contribution is -0.373. The zero-order valence-corrected chi connectivity index (χ0v) is 6.76. The van der Waals surface area contributed by atoms with E-state index in [2.05, 4.69) is 6.92 Å². The Kier molecular flexibility index (Phi) is 1.31. The second-order valence-corrected chi connectivity index (χ2v) is 3.58. The SMILES string of the molecule is CC12CCCCC1=[O+]C=C2O. The van der Waals surface area contributed by atoms with Crippen molar-refractivity contribution in [2.75, 3.05) is 0 Å². The molecule has 1 aliphatic carbocycles. The van der Waals surface area contributed by atoms with Gasteiger partial charge in [0, 0.05) is 0 Å². The van der Waals surface area contributed by atoms with Crippen molar-refractivity contribution in [1.82, 2.24) is 0 Å². The smallest absolute Gasteiger partial charge is 0.356 e. The molecule has 1 fully saturated rings. The summed E-state index contributed by atoms with van der Waals surface area (Å²) in [6.45, 7) is 2.06. The van der Waals surface area contributed by atoms with Crippen LogP contribution in [0.4, 0.5) is 0 Å². The van der Waals surface area contributed by atoms with E-state index in [1.54, 1.807) is 0 Å². The van der Waals surface area contributed by atoms with Gasteiger partial charge >= 0.3 is 12.0 Å². The molecule has 0 bridgehead atoms. The molecule has 11 heavy (non-hydrogen) atoms. The highest BCUT2D eigenvalue weighted by Gasteiger charge is 2.50. The molecule has 1 unspecified atom stereocenters. The second kappa shape index (κ2) is 2.10. The minimum Gasteiger partial charge on any atom is -0.504 e. The molecular formula is C9H13O2+. The quantitative estimate of drug-likeness (QED) is 0.531. The fourth-order valence-electron chi connectivity index (χ4n) is 1.90. The molecule has 0 aromatic rings. The predicted molar refractivity (Wildman–Crippen MR) is 42.3 cm³/mol. The summed E-state index contributed by atoms with van der Waals surface area (Å²) in [5, 5.41) is 9.50. The first-order valence-electron chi connectivity index (χ1n) is 4.16. The molecule has 0 amide bonds. The predicted octanol–water partition coefficient (Wildman–Crippen LogP) is 2.08. The van der Waals surface area contributed by atoms with Crippen LogP contribution in [-0.4, -0.2) is 10.9 Å². The summed E-state index contributed by atoms with van der Waals surface area (Å²) >= 11 is 0. The molecular weight excluding hydrogens is 140 g/mol. The van der Waals surface area contributed by atoms with Gasteiger partial charge in [0.25, 0.3) is 0 Å². The van der Waals surface area contributed by atoms with Crippen LogP contribution in [0.3, 0.4) is 0 Å². The minimum absolute atomic E-state index is 0.141. The summed E-state index contributed by atoms with van der Waals surface area (Å²) in [5.41, 5.74) is -0.141. The van der Waals surface area contributed by atoms with E-state index in [9.17, 15) is 5.11 Å². The van der Waals surface area contributed by atoms with Crippen molar-refractivity contribution in [2.45, 2.75) is 32.6 Å². The largest absolute Gasteiger partial charge is 0.504 e. The minimum atomic E-state index is -0.141. The number of ketones is 1. The van der Waals surface area contributed by atoms with E-state index in [1.807, 2.05) is 0 Å². The van der Waals surface area contributed by atoms with Gasteiger partial charge in [0.05, 0.1) is 6.42 Å². The molecule has 2 heteroatoms. The Morgan fingerprint density at radius 2 is 2.36 bits per heavy atom. The molecule has 1 N–H and O–H groups in total. The summed E-state index contributed by atoms with van der Waals surface area (Å²) < 4.78 is 5.28. The van der Waals surface area contributed by atoms with Crippen LogP contribution in [0, 0.1) is 5.41 Å². The van der Waals surface area contributed by atoms with Crippen molar-refractivity contribution in [2.24, 2.45) is 5.41 Å². The van der Waals surface area contributed by atoms with Crippen LogP contribution in [0.15, 0.2) is 12.0 Å². The third-order valence-corrected chi connectivity index (χ3v) is 2.82. The standard InChI is InChI=1S/C9H12O2/c1-9-5-3-2-4-8(9)11-6-7(9)10/h6H,2-5H2,1H3/p+1. The van der Waals surface area contributed by atoms with Crippen molar-refractivity contribution in [3.05, 3.63) is 12.0 Å². The lowest BCUT2D eigenvalue weighted by Crippen LogP contribution is -2.30. The third kappa shape index (κ3) is 0.817. The number of fused-ring (bicyclic) bond motifs is 1. The van der Waals surface area contributed by atoms with Crippen LogP contribution in [0.2, 0.25) is 0 Å². The first-order valence-corrected chi connectivity index (χ1v) is 4.16. The van der Waals surface area contributed by atoms with Crippen molar-refractivity contribution in [1.29, 1.82) is 0 Å². The van der Waals surface area contributed by atoms with Gasteiger partial charge in [0.1, 0.15) is 5.41 Å². The highest BCUT2D eigenvalue weighted by molar-refractivity contribution is 5.89. The topological polar surface area (TPSA) is 31.5 Å². The van der Waals surface area contributed by atoms with Gasteiger partial charge in [0.15, 0.2) is 0 Å². The molecule has 0 aromatic heterocycles. The molecule has 1 aliphatic heterocycles. The molecule has 2 rings (SSSR count). The Labute approximate surface area is 66.2 Å². The van der Waals surface area contributed by atoms with Gasteiger partial charge in [-0.2, -0.15) is 0 Å². The van der Waals surface area contributed by atoms with E-state index >= 15 is 0 Å². The summed E-state index contributed by atoms with van der Waals surface area (Å²) in [5.74, 6) is 1.47. The molecule has 1 saturated carbocycles. The summed E-state index contributed by atoms with van der Waals surface area (Å²) in [6, 6.07) is 0. The van der Waals surface area contributed by atoms with E-state index in [-0.39, 0.29) is 5.41 Å². The highest BCUT2D eigenvalue weighted by Crippen LogP contribution is 2.40. The van der Waals surface area contributed by atoms with Gasteiger partial charge in [-0.15, -0.1) is 0 Å². The average Bonchev–Trinajstić information content (AvgIpc) is 2.29. The first kappa shape index (κ1) is 6.89. The maximum atomic E-state index is 9.50. The average molecular weight is 153 g/mol. The molecule has 0 radical (unpaired) electrons. The van der Waals surface area contributed by atoms with Crippen LogP contribution in [0.25, 0.3) is 0 Å². The Bertz CT molecular complexity index is 240. The zero-order valence-electron chi connectivity index (χ0n) is 6.76. The van der Waals surface area contributed by atoms with Crippen molar-refractivity contribution in [3.63, 3.8) is 0 Å². The Hall–Kier alpha value is -0.790. The fraction of sp³-hybridized carbons (Fsp3) is 0.667. The van der Waals surface area contributed by atoms with Crippen LogP contribution < -0.4 is 0 Å². The Morgan fingerprint density at radius 3 is 3.09 bits per heavy atom. The molecule has 1 heterocycles. The highest BCUT2D eigenvalue weighted by atomic mass is 16.4. The van der Waals surface area contributed by atoms with E-state index in [0.717, 1.165) is 18.6 Å². The van der Waals surface area contributed by atoms with Gasteiger partial charge in [-0.05, 0) is 19.8 Å². The lowest BCUT2D eigenvalue weighted by atomic mass is 9.74. The van der Waals surface area contributed by atoms with Crippen molar-refractivity contribution < 1.29 is 9.53 Å². The van der Waals surface area contributed by atoms with Crippen LogP contribution in [0.1, 0.15) is 32.6 Å². The van der Waals surface area contributed by atoms with Crippen LogP contribution in [-0.2, 0) is 4.42 Å². The second-order valence-electron chi connectivity index (χ2n) is 3.58. The normalized spacial score (nSPS) is 36.1. The van der Waals surface area contributed by atoms with Gasteiger partial charge in [-0.1, -0.05) is 6.42 Å². The number of allylic oxidation sites excluding steroid dienone is 1. The number of hydrogen-bond acceptors (Lipinski definition) is 1. The number of hydrogen-bond donors (Lipinski definition) is 1. The number of carbonyl (C=O) groups excluding carboxylic acids is 1. The molecule has 1 atom stereocenters. The van der Waals surface area contributed by atoms with E-state index in [0.29, 0.717) is 5.76 Å². The van der Waals surface area contributed by atoms with Gasteiger partial charge in [-0.25, -0.2) is 4.42 Å². The maximum absolute atomic E-state index is 9.50. The third-order valence-electron chi connectivity index (χ3n) is 2.82. The van der Waals surface area contributed by atoms with Gasteiger partial charge in [0.2, 0.25) is 5.76 Å². The van der Waals surface area contributed by atoms with E-state index in [1.165, 1.54) is 19.1 Å². The number of rotatable bonds is 0. The summed E-state index contributed by atoms with van der Waals surface area (Å²) in [6.07, 6.45) is 5.93. The van der Waals surface area contributed by atoms with E-state index < -0.39 is 0 Å². The fourth-order valence-corrected chi connectivity index (χ4v) is 1.90. The van der Waals surface area contributed by atoms with Gasteiger partial charge in [-0.3, -0.25) is 0 Å². The molecule has 2 aliphatic rings. The molecule has 0 spiro atoms. The Balaban J connectivity index is 2.33. The Morgan fingerprint density at radius 1 is 1.55 bits per heavy atom. The number of aliphatic hydroxyl groups is 1. The van der Waals surface area contributed by atoms with E-state index in [4.69, 9.17) is 4.42 Å². The molecule has 0 saturated heterocycles. The first-order chi connectivity index (χ1) is 5.23. The van der Waals surface area contributed by atoms with Crippen molar-refractivity contribution >= 4 is 5.78 Å². The van der Waals surface area contributed by atoms with Crippen LogP contribution >= 0.6 is 0 Å². The zero-order chi connectivity index (χ0) is 7.90. The lowest BCUT2D eigenvalue weighted by Gasteiger charge is -2.22. The maximum Gasteiger partial charge on any atom is 0.356 e. The number of aliphatic hydroxyl groups excluding tert-OH is 1.